The lowest BCUT2D eigenvalue weighted by Gasteiger charge is -2.34. The molecule has 0 spiro atoms. The molecule has 2 N–H and O–H groups in total. The number of nitrogens with one attached hydrogen (secondary N) is 2. The molecule has 0 radical (unpaired) electrons. The van der Waals surface area contributed by atoms with Crippen LogP contribution in [0.3, 0.4) is 0 Å². The number of carbonyl (C=O) groups excluding carboxylic acids is 2. The van der Waals surface area contributed by atoms with Crippen LogP contribution in [0.5, 0.6) is 0 Å². The van der Waals surface area contributed by atoms with Gasteiger partial charge in [-0.25, -0.2) is 17.2 Å². The number of benzene rings is 2. The third-order valence-electron chi connectivity index (χ3n) is 4.67. The number of nitrogens with zero attached hydrogens (tertiary/aromatic N) is 1. The zero-order chi connectivity index (χ0) is 23.3. The molecule has 3 rings (SSSR count). The highest BCUT2D eigenvalue weighted by Gasteiger charge is 2.36. The van der Waals surface area contributed by atoms with E-state index in [2.05, 4.69) is 10.6 Å². The summed E-state index contributed by atoms with van der Waals surface area (Å²) in [5, 5.41) is 5.13. The number of ether oxygens (including phenoxy) is 1. The standard InChI is InChI=1S/C20H20ClF2N3O5S/c21-15-5-2-1-4-13(15)11-24-19(27)20(28)25-12-18-26(8-3-9-31-18)32(29,30)17-10-14(22)6-7-16(17)23/h1-2,4-7,10,18H,3,8-9,11-12H2,(H,24,27)(H,25,28). The van der Waals surface area contributed by atoms with E-state index in [1.807, 2.05) is 0 Å². The number of halogens is 3. The Bertz CT molecular complexity index is 1120. The average molecular weight is 488 g/mol. The first-order chi connectivity index (χ1) is 15.2. The molecule has 172 valence electrons. The van der Waals surface area contributed by atoms with Gasteiger partial charge in [-0.3, -0.25) is 9.59 Å². The van der Waals surface area contributed by atoms with Gasteiger partial charge in [0.15, 0.2) is 0 Å². The van der Waals surface area contributed by atoms with E-state index in [1.165, 1.54) is 0 Å². The van der Waals surface area contributed by atoms with Crippen LogP contribution in [0.1, 0.15) is 12.0 Å². The molecule has 1 aliphatic rings. The lowest BCUT2D eigenvalue weighted by molar-refractivity contribution is -0.140. The smallest absolute Gasteiger partial charge is 0.309 e. The van der Waals surface area contributed by atoms with Crippen molar-refractivity contribution in [3.63, 3.8) is 0 Å². The number of carbonyl (C=O) groups is 2. The molecule has 0 saturated carbocycles. The van der Waals surface area contributed by atoms with Crippen molar-refractivity contribution in [2.24, 2.45) is 0 Å². The summed E-state index contributed by atoms with van der Waals surface area (Å²) in [5.41, 5.74) is 0.611. The molecule has 2 aromatic rings. The Kier molecular flexibility index (Phi) is 7.77. The van der Waals surface area contributed by atoms with Gasteiger partial charge in [-0.15, -0.1) is 0 Å². The molecule has 1 atom stereocenters. The summed E-state index contributed by atoms with van der Waals surface area (Å²) in [5.74, 6) is -3.99. The van der Waals surface area contributed by atoms with Crippen molar-refractivity contribution in [3.8, 4) is 0 Å². The number of amides is 2. The predicted molar refractivity (Wildman–Crippen MR) is 111 cm³/mol. The molecule has 1 saturated heterocycles. The van der Waals surface area contributed by atoms with Crippen molar-refractivity contribution in [1.82, 2.24) is 14.9 Å². The Labute approximate surface area is 188 Å². The second kappa shape index (κ2) is 10.3. The van der Waals surface area contributed by atoms with Crippen LogP contribution in [0.4, 0.5) is 8.78 Å². The van der Waals surface area contributed by atoms with Crippen LogP contribution in [0.2, 0.25) is 5.02 Å². The first-order valence-corrected chi connectivity index (χ1v) is 11.4. The van der Waals surface area contributed by atoms with Gasteiger partial charge in [0.25, 0.3) is 0 Å². The van der Waals surface area contributed by atoms with E-state index in [9.17, 15) is 26.8 Å². The van der Waals surface area contributed by atoms with Crippen molar-refractivity contribution in [1.29, 1.82) is 0 Å². The van der Waals surface area contributed by atoms with Crippen LogP contribution in [0, 0.1) is 11.6 Å². The second-order valence-electron chi connectivity index (χ2n) is 6.85. The number of sulfonamides is 1. The van der Waals surface area contributed by atoms with Gasteiger partial charge in [-0.05, 0) is 36.2 Å². The monoisotopic (exact) mass is 487 g/mol. The summed E-state index contributed by atoms with van der Waals surface area (Å²) in [4.78, 5) is 23.3. The number of hydrogen-bond acceptors (Lipinski definition) is 5. The zero-order valence-corrected chi connectivity index (χ0v) is 18.3. The van der Waals surface area contributed by atoms with Gasteiger partial charge in [0.05, 0.1) is 13.2 Å². The lowest BCUT2D eigenvalue weighted by Crippen LogP contribution is -2.53. The predicted octanol–water partition coefficient (Wildman–Crippen LogP) is 1.79. The maximum Gasteiger partial charge on any atom is 0.309 e. The van der Waals surface area contributed by atoms with Crippen LogP contribution in [-0.2, 0) is 30.9 Å². The van der Waals surface area contributed by atoms with Crippen molar-refractivity contribution in [2.45, 2.75) is 24.1 Å². The summed E-state index contributed by atoms with van der Waals surface area (Å²) >= 11 is 6.00. The Morgan fingerprint density at radius 3 is 2.59 bits per heavy atom. The molecule has 1 fully saturated rings. The van der Waals surface area contributed by atoms with Gasteiger partial charge in [-0.2, -0.15) is 4.31 Å². The molecule has 0 bridgehead atoms. The fraction of sp³-hybridized carbons (Fsp3) is 0.300. The highest BCUT2D eigenvalue weighted by Crippen LogP contribution is 2.25. The van der Waals surface area contributed by atoms with Crippen molar-refractivity contribution in [2.75, 3.05) is 19.7 Å². The maximum absolute atomic E-state index is 14.1. The summed E-state index contributed by atoms with van der Waals surface area (Å²) < 4.78 is 59.6. The van der Waals surface area contributed by atoms with Crippen molar-refractivity contribution >= 4 is 33.4 Å². The van der Waals surface area contributed by atoms with Gasteiger partial charge in [0.2, 0.25) is 10.0 Å². The van der Waals surface area contributed by atoms with Gasteiger partial charge < -0.3 is 15.4 Å². The first-order valence-electron chi connectivity index (χ1n) is 9.58. The summed E-state index contributed by atoms with van der Waals surface area (Å²) in [6.45, 7) is -0.186. The van der Waals surface area contributed by atoms with Gasteiger partial charge in [-0.1, -0.05) is 29.8 Å². The maximum atomic E-state index is 14.1. The molecule has 2 amide bonds. The largest absolute Gasteiger partial charge is 0.360 e. The van der Waals surface area contributed by atoms with Crippen LogP contribution in [0.15, 0.2) is 47.4 Å². The Morgan fingerprint density at radius 2 is 1.84 bits per heavy atom. The molecule has 1 unspecified atom stereocenters. The Morgan fingerprint density at radius 1 is 1.12 bits per heavy atom. The normalized spacial score (nSPS) is 17.0. The quantitative estimate of drug-likeness (QED) is 0.604. The van der Waals surface area contributed by atoms with Crippen LogP contribution in [0.25, 0.3) is 0 Å². The molecule has 32 heavy (non-hydrogen) atoms. The Balaban J connectivity index is 1.64. The minimum absolute atomic E-state index is 0.0191. The Hall–Kier alpha value is -2.60. The van der Waals surface area contributed by atoms with Crippen molar-refractivity contribution in [3.05, 3.63) is 64.7 Å². The van der Waals surface area contributed by atoms with E-state index in [0.29, 0.717) is 29.1 Å². The molecule has 2 aromatic carbocycles. The molecule has 0 aromatic heterocycles. The molecule has 1 aliphatic heterocycles. The second-order valence-corrected chi connectivity index (χ2v) is 9.12. The molecule has 0 aliphatic carbocycles. The molecule has 12 heteroatoms. The van der Waals surface area contributed by atoms with Crippen molar-refractivity contribution < 1.29 is 31.5 Å². The van der Waals surface area contributed by atoms with Gasteiger partial charge in [0, 0.05) is 18.1 Å². The number of hydrogen-bond donors (Lipinski definition) is 2. The van der Waals surface area contributed by atoms with E-state index in [4.69, 9.17) is 16.3 Å². The van der Waals surface area contributed by atoms with Gasteiger partial charge >= 0.3 is 11.8 Å². The van der Waals surface area contributed by atoms with E-state index >= 15 is 0 Å². The van der Waals surface area contributed by atoms with Gasteiger partial charge in [0.1, 0.15) is 22.8 Å². The molecular weight excluding hydrogens is 468 g/mol. The SMILES string of the molecule is O=C(NCc1ccccc1Cl)C(=O)NCC1OCCCN1S(=O)(=O)c1cc(F)ccc1F. The zero-order valence-electron chi connectivity index (χ0n) is 16.7. The third-order valence-corrected chi connectivity index (χ3v) is 6.95. The topological polar surface area (TPSA) is 105 Å². The van der Waals surface area contributed by atoms with Crippen LogP contribution in [-0.4, -0.2) is 50.5 Å². The van der Waals surface area contributed by atoms with Crippen LogP contribution < -0.4 is 10.6 Å². The minimum Gasteiger partial charge on any atom is -0.360 e. The molecule has 1 heterocycles. The van der Waals surface area contributed by atoms with E-state index in [1.54, 1.807) is 24.3 Å². The molecule has 8 nitrogen and oxygen atoms in total. The highest BCUT2D eigenvalue weighted by molar-refractivity contribution is 7.89. The fourth-order valence-electron chi connectivity index (χ4n) is 3.06. The average Bonchev–Trinajstić information content (AvgIpc) is 2.78. The van der Waals surface area contributed by atoms with E-state index in [-0.39, 0.29) is 26.2 Å². The highest BCUT2D eigenvalue weighted by atomic mass is 35.5. The summed E-state index contributed by atoms with van der Waals surface area (Å²) in [6, 6.07) is 8.87. The van der Waals surface area contributed by atoms with Crippen LogP contribution >= 0.6 is 11.6 Å². The minimum atomic E-state index is -4.46. The van der Waals surface area contributed by atoms with E-state index in [0.717, 1.165) is 10.4 Å². The summed E-state index contributed by atoms with van der Waals surface area (Å²) in [7, 11) is -4.46. The number of rotatable bonds is 6. The lowest BCUT2D eigenvalue weighted by atomic mass is 10.2. The molecular formula is C20H20ClF2N3O5S. The van der Waals surface area contributed by atoms with E-state index < -0.39 is 44.6 Å². The first kappa shape index (κ1) is 24.1. The fourth-order valence-corrected chi connectivity index (χ4v) is 4.91. The third kappa shape index (κ3) is 5.60. The summed E-state index contributed by atoms with van der Waals surface area (Å²) in [6.07, 6.45) is -0.879.